The second kappa shape index (κ2) is 6.52. The minimum Gasteiger partial charge on any atom is -0.435 e. The molecule has 0 saturated heterocycles. The number of hydrogen-bond donors (Lipinski definition) is 1. The summed E-state index contributed by atoms with van der Waals surface area (Å²) in [5.74, 6) is -0.908. The molecule has 0 spiro atoms. The van der Waals surface area contributed by atoms with Crippen LogP contribution in [0.15, 0.2) is 24.3 Å². The van der Waals surface area contributed by atoms with Gasteiger partial charge in [0.2, 0.25) is 0 Å². The fourth-order valence-electron chi connectivity index (χ4n) is 2.11. The van der Waals surface area contributed by atoms with E-state index in [1.54, 1.807) is 0 Å². The molecule has 138 valence electrons. The van der Waals surface area contributed by atoms with Gasteiger partial charge in [-0.15, -0.1) is 0 Å². The summed E-state index contributed by atoms with van der Waals surface area (Å²) < 4.78 is 68.0. The number of thiazole rings is 1. The van der Waals surface area contributed by atoms with Crippen LogP contribution in [0.1, 0.15) is 16.2 Å². The first-order chi connectivity index (χ1) is 12.1. The molecule has 0 saturated carbocycles. The average Bonchev–Trinajstić information content (AvgIpc) is 3.08. The maximum atomic E-state index is 12.7. The van der Waals surface area contributed by atoms with Gasteiger partial charge in [-0.2, -0.15) is 27.1 Å². The first-order valence-corrected chi connectivity index (χ1v) is 7.73. The predicted octanol–water partition coefficient (Wildman–Crippen LogP) is 3.90. The third-order valence-electron chi connectivity index (χ3n) is 3.21. The summed E-state index contributed by atoms with van der Waals surface area (Å²) in [4.78, 5) is 16.2. The number of nitrogens with zero attached hydrogens (tertiary/aromatic N) is 3. The van der Waals surface area contributed by atoms with E-state index in [9.17, 15) is 26.7 Å². The number of benzene rings is 1. The zero-order chi connectivity index (χ0) is 19.1. The molecule has 26 heavy (non-hydrogen) atoms. The van der Waals surface area contributed by atoms with E-state index >= 15 is 0 Å². The second-order valence-electron chi connectivity index (χ2n) is 5.02. The molecular weight excluding hydrogens is 383 g/mol. The van der Waals surface area contributed by atoms with Gasteiger partial charge >= 0.3 is 12.8 Å². The Morgan fingerprint density at radius 2 is 2.04 bits per heavy atom. The lowest BCUT2D eigenvalue weighted by Gasteiger charge is -2.02. The fourth-order valence-corrected chi connectivity index (χ4v) is 3.00. The van der Waals surface area contributed by atoms with Gasteiger partial charge in [-0.25, -0.2) is 4.98 Å². The van der Waals surface area contributed by atoms with Crippen LogP contribution in [0.3, 0.4) is 0 Å². The predicted molar refractivity (Wildman–Crippen MR) is 82.4 cm³/mol. The number of rotatable bonds is 4. The number of fused-ring (bicyclic) bond motifs is 1. The zero-order valence-electron chi connectivity index (χ0n) is 12.8. The number of amides is 1. The molecule has 2 aromatic heterocycles. The Balaban J connectivity index is 1.82. The Morgan fingerprint density at radius 3 is 2.65 bits per heavy atom. The van der Waals surface area contributed by atoms with Crippen molar-refractivity contribution in [3.63, 3.8) is 0 Å². The van der Waals surface area contributed by atoms with E-state index in [1.807, 2.05) is 0 Å². The summed E-state index contributed by atoms with van der Waals surface area (Å²) >= 11 is 0.960. The molecule has 1 N–H and O–H groups in total. The Bertz CT molecular complexity index is 966. The molecule has 3 rings (SSSR count). The highest BCUT2D eigenvalue weighted by atomic mass is 32.1. The van der Waals surface area contributed by atoms with Crippen molar-refractivity contribution in [1.29, 1.82) is 0 Å². The molecule has 1 amide bonds. The standard InChI is InChI=1S/C14H9F5N4O2S/c1-23-8(5-10(22-23)14(17,18)19)11(24)21-13-20-7-3-2-6(25-12(15)16)4-9(7)26-13/h2-5,12H,1H3,(H,20,21,24). The van der Waals surface area contributed by atoms with Crippen molar-refractivity contribution in [2.75, 3.05) is 5.32 Å². The fraction of sp³-hybridized carbons (Fsp3) is 0.214. The van der Waals surface area contributed by atoms with Crippen LogP contribution in [0.2, 0.25) is 0 Å². The van der Waals surface area contributed by atoms with Gasteiger partial charge in [0.1, 0.15) is 11.4 Å². The van der Waals surface area contributed by atoms with Crippen molar-refractivity contribution in [3.05, 3.63) is 35.7 Å². The highest BCUT2D eigenvalue weighted by Gasteiger charge is 2.35. The molecule has 0 atom stereocenters. The molecule has 0 aliphatic heterocycles. The van der Waals surface area contributed by atoms with E-state index in [0.717, 1.165) is 16.0 Å². The molecule has 3 aromatic rings. The number of nitrogens with one attached hydrogen (secondary N) is 1. The minimum absolute atomic E-state index is 0.0736. The maximum Gasteiger partial charge on any atom is 0.435 e. The molecular formula is C14H9F5N4O2S. The van der Waals surface area contributed by atoms with Crippen LogP contribution in [0, 0.1) is 0 Å². The number of carbonyl (C=O) groups excluding carboxylic acids is 1. The number of alkyl halides is 5. The van der Waals surface area contributed by atoms with Gasteiger partial charge in [0.25, 0.3) is 5.91 Å². The normalized spacial score (nSPS) is 12.0. The monoisotopic (exact) mass is 392 g/mol. The largest absolute Gasteiger partial charge is 0.435 e. The number of aryl methyl sites for hydroxylation is 1. The summed E-state index contributed by atoms with van der Waals surface area (Å²) in [7, 11) is 1.20. The molecule has 0 bridgehead atoms. The van der Waals surface area contributed by atoms with E-state index in [1.165, 1.54) is 25.2 Å². The third-order valence-corrected chi connectivity index (χ3v) is 4.14. The number of carbonyl (C=O) groups is 1. The van der Waals surface area contributed by atoms with E-state index in [0.29, 0.717) is 16.3 Å². The van der Waals surface area contributed by atoms with Crippen LogP contribution in [0.5, 0.6) is 5.75 Å². The summed E-state index contributed by atoms with van der Waals surface area (Å²) in [5, 5.41) is 5.71. The van der Waals surface area contributed by atoms with Crippen LogP contribution >= 0.6 is 11.3 Å². The Labute approximate surface area is 146 Å². The summed E-state index contributed by atoms with van der Waals surface area (Å²) in [6, 6.07) is 4.65. The average molecular weight is 392 g/mol. The molecule has 2 heterocycles. The topological polar surface area (TPSA) is 69.0 Å². The minimum atomic E-state index is -4.67. The zero-order valence-corrected chi connectivity index (χ0v) is 13.7. The Kier molecular flexibility index (Phi) is 4.52. The first-order valence-electron chi connectivity index (χ1n) is 6.91. The van der Waals surface area contributed by atoms with Gasteiger partial charge in [-0.05, 0) is 18.2 Å². The number of aromatic nitrogens is 3. The van der Waals surface area contributed by atoms with Crippen LogP contribution in [-0.4, -0.2) is 27.3 Å². The van der Waals surface area contributed by atoms with E-state index < -0.39 is 24.4 Å². The van der Waals surface area contributed by atoms with Crippen molar-refractivity contribution in [3.8, 4) is 5.75 Å². The van der Waals surface area contributed by atoms with Crippen molar-refractivity contribution >= 4 is 32.6 Å². The molecule has 1 aromatic carbocycles. The quantitative estimate of drug-likeness (QED) is 0.684. The summed E-state index contributed by atoms with van der Waals surface area (Å²) in [5.41, 5.74) is -1.09. The molecule has 12 heteroatoms. The molecule has 0 fully saturated rings. The van der Waals surface area contributed by atoms with E-state index in [-0.39, 0.29) is 16.6 Å². The SMILES string of the molecule is Cn1nc(C(F)(F)F)cc1C(=O)Nc1nc2ccc(OC(F)F)cc2s1. The summed E-state index contributed by atoms with van der Waals surface area (Å²) in [6.45, 7) is -2.98. The van der Waals surface area contributed by atoms with Crippen molar-refractivity contribution in [2.24, 2.45) is 7.05 Å². The number of ether oxygens (including phenoxy) is 1. The van der Waals surface area contributed by atoms with Crippen molar-refractivity contribution in [1.82, 2.24) is 14.8 Å². The van der Waals surface area contributed by atoms with E-state index in [4.69, 9.17) is 0 Å². The summed E-state index contributed by atoms with van der Waals surface area (Å²) in [6.07, 6.45) is -4.67. The van der Waals surface area contributed by atoms with Gasteiger partial charge < -0.3 is 4.74 Å². The molecule has 0 aliphatic carbocycles. The Hall–Kier alpha value is -2.76. The van der Waals surface area contributed by atoms with Crippen molar-refractivity contribution < 1.29 is 31.5 Å². The van der Waals surface area contributed by atoms with Gasteiger partial charge in [0.15, 0.2) is 10.8 Å². The molecule has 6 nitrogen and oxygen atoms in total. The maximum absolute atomic E-state index is 12.7. The van der Waals surface area contributed by atoms with E-state index in [2.05, 4.69) is 20.1 Å². The van der Waals surface area contributed by atoms with Gasteiger partial charge in [0.05, 0.1) is 10.2 Å². The number of hydrogen-bond acceptors (Lipinski definition) is 5. The number of anilines is 1. The third kappa shape index (κ3) is 3.74. The van der Waals surface area contributed by atoms with Crippen LogP contribution < -0.4 is 10.1 Å². The van der Waals surface area contributed by atoms with Crippen LogP contribution in [0.25, 0.3) is 10.2 Å². The lowest BCUT2D eigenvalue weighted by Crippen LogP contribution is -2.15. The van der Waals surface area contributed by atoms with Crippen LogP contribution in [0.4, 0.5) is 27.1 Å². The lowest BCUT2D eigenvalue weighted by atomic mass is 10.3. The molecule has 0 aliphatic rings. The first kappa shape index (κ1) is 18.0. The van der Waals surface area contributed by atoms with Gasteiger partial charge in [0, 0.05) is 13.1 Å². The molecule has 0 unspecified atom stereocenters. The highest BCUT2D eigenvalue weighted by Crippen LogP contribution is 2.31. The Morgan fingerprint density at radius 1 is 1.31 bits per heavy atom. The second-order valence-corrected chi connectivity index (χ2v) is 6.05. The highest BCUT2D eigenvalue weighted by molar-refractivity contribution is 7.22. The lowest BCUT2D eigenvalue weighted by molar-refractivity contribution is -0.141. The van der Waals surface area contributed by atoms with Crippen molar-refractivity contribution in [2.45, 2.75) is 12.8 Å². The van der Waals surface area contributed by atoms with Gasteiger partial charge in [-0.1, -0.05) is 11.3 Å². The van der Waals surface area contributed by atoms with Gasteiger partial charge in [-0.3, -0.25) is 14.8 Å². The molecule has 0 radical (unpaired) electrons. The number of halogens is 5. The van der Waals surface area contributed by atoms with Crippen LogP contribution in [-0.2, 0) is 13.2 Å². The smallest absolute Gasteiger partial charge is 0.435 e.